The van der Waals surface area contributed by atoms with Crippen molar-refractivity contribution in [3.63, 3.8) is 0 Å². The van der Waals surface area contributed by atoms with Gasteiger partial charge in [-0.1, -0.05) is 11.4 Å². The molecule has 0 radical (unpaired) electrons. The SMILES string of the molecule is O=C(O)CCCCCn1cnc([N+](=O)[O-])n1. The third-order valence-electron chi connectivity index (χ3n) is 1.97. The number of carboxylic acids is 1. The van der Waals surface area contributed by atoms with Crippen molar-refractivity contribution in [2.24, 2.45) is 0 Å². The number of unbranched alkanes of at least 4 members (excludes halogenated alkanes) is 2. The van der Waals surface area contributed by atoms with Gasteiger partial charge in [0.25, 0.3) is 0 Å². The Hall–Kier alpha value is -1.99. The Kier molecular flexibility index (Phi) is 4.37. The normalized spacial score (nSPS) is 10.2. The van der Waals surface area contributed by atoms with Crippen LogP contribution in [-0.4, -0.2) is 30.8 Å². The maximum atomic E-state index is 10.3. The van der Waals surface area contributed by atoms with E-state index in [9.17, 15) is 14.9 Å². The zero-order valence-electron chi connectivity index (χ0n) is 8.57. The zero-order chi connectivity index (χ0) is 12.0. The van der Waals surface area contributed by atoms with Gasteiger partial charge in [0.15, 0.2) is 0 Å². The highest BCUT2D eigenvalue weighted by Crippen LogP contribution is 2.04. The highest BCUT2D eigenvalue weighted by molar-refractivity contribution is 5.66. The lowest BCUT2D eigenvalue weighted by atomic mass is 10.2. The van der Waals surface area contributed by atoms with Crippen LogP contribution < -0.4 is 0 Å². The molecular formula is C8H12N4O4. The Morgan fingerprint density at radius 3 is 2.81 bits per heavy atom. The van der Waals surface area contributed by atoms with Gasteiger partial charge in [0, 0.05) is 11.5 Å². The van der Waals surface area contributed by atoms with E-state index in [4.69, 9.17) is 5.11 Å². The average Bonchev–Trinajstić information content (AvgIpc) is 2.65. The van der Waals surface area contributed by atoms with Crippen molar-refractivity contribution in [1.29, 1.82) is 0 Å². The number of rotatable bonds is 7. The molecule has 0 saturated heterocycles. The summed E-state index contributed by atoms with van der Waals surface area (Å²) in [6.45, 7) is 0.514. The first kappa shape index (κ1) is 12.1. The fourth-order valence-corrected chi connectivity index (χ4v) is 1.20. The van der Waals surface area contributed by atoms with Gasteiger partial charge in [0.05, 0.1) is 6.54 Å². The van der Waals surface area contributed by atoms with Crippen LogP contribution >= 0.6 is 0 Å². The van der Waals surface area contributed by atoms with E-state index in [-0.39, 0.29) is 6.42 Å². The quantitative estimate of drug-likeness (QED) is 0.420. The topological polar surface area (TPSA) is 111 Å². The minimum Gasteiger partial charge on any atom is -0.481 e. The highest BCUT2D eigenvalue weighted by atomic mass is 16.6. The zero-order valence-corrected chi connectivity index (χ0v) is 8.57. The summed E-state index contributed by atoms with van der Waals surface area (Å²) in [6.07, 6.45) is 3.53. The maximum Gasteiger partial charge on any atom is 0.490 e. The monoisotopic (exact) mass is 228 g/mol. The molecule has 88 valence electrons. The van der Waals surface area contributed by atoms with E-state index < -0.39 is 16.8 Å². The van der Waals surface area contributed by atoms with Crippen LogP contribution in [0.25, 0.3) is 0 Å². The smallest absolute Gasteiger partial charge is 0.481 e. The van der Waals surface area contributed by atoms with E-state index in [1.54, 1.807) is 0 Å². The number of nitro groups is 1. The van der Waals surface area contributed by atoms with Gasteiger partial charge in [-0.05, 0) is 17.8 Å². The minimum absolute atomic E-state index is 0.150. The number of aliphatic carboxylic acids is 1. The first-order chi connectivity index (χ1) is 7.59. The van der Waals surface area contributed by atoms with Crippen LogP contribution in [0.3, 0.4) is 0 Å². The third kappa shape index (κ3) is 4.03. The molecule has 0 aliphatic heterocycles. The van der Waals surface area contributed by atoms with E-state index >= 15 is 0 Å². The van der Waals surface area contributed by atoms with Gasteiger partial charge in [-0.2, -0.15) is 4.68 Å². The van der Waals surface area contributed by atoms with E-state index in [2.05, 4.69) is 10.1 Å². The van der Waals surface area contributed by atoms with Crippen LogP contribution in [0.4, 0.5) is 5.95 Å². The summed E-state index contributed by atoms with van der Waals surface area (Å²) in [4.78, 5) is 23.3. The van der Waals surface area contributed by atoms with Gasteiger partial charge in [-0.15, -0.1) is 0 Å². The van der Waals surface area contributed by atoms with E-state index in [0.717, 1.165) is 12.8 Å². The number of aryl methyl sites for hydroxylation is 1. The summed E-state index contributed by atoms with van der Waals surface area (Å²) in [5, 5.41) is 22.3. The third-order valence-corrected chi connectivity index (χ3v) is 1.97. The standard InChI is InChI=1S/C8H12N4O4/c13-7(14)4-2-1-3-5-11-6-9-8(10-11)12(15)16/h6H,1-5H2,(H,13,14). The van der Waals surface area contributed by atoms with Crippen LogP contribution in [-0.2, 0) is 11.3 Å². The van der Waals surface area contributed by atoms with E-state index in [0.29, 0.717) is 13.0 Å². The molecule has 1 N–H and O–H groups in total. The first-order valence-electron chi connectivity index (χ1n) is 4.85. The number of carboxylic acid groups (broad SMARTS) is 1. The van der Waals surface area contributed by atoms with Gasteiger partial charge in [-0.3, -0.25) is 4.79 Å². The molecule has 16 heavy (non-hydrogen) atoms. The second-order valence-corrected chi connectivity index (χ2v) is 3.27. The van der Waals surface area contributed by atoms with Crippen molar-refractivity contribution in [2.75, 3.05) is 0 Å². The van der Waals surface area contributed by atoms with Crippen molar-refractivity contribution in [3.8, 4) is 0 Å². The molecule has 8 nitrogen and oxygen atoms in total. The summed E-state index contributed by atoms with van der Waals surface area (Å²) in [5.41, 5.74) is 0. The predicted molar refractivity (Wildman–Crippen MR) is 52.8 cm³/mol. The van der Waals surface area contributed by atoms with Crippen LogP contribution in [0, 0.1) is 10.1 Å². The van der Waals surface area contributed by atoms with Crippen molar-refractivity contribution < 1.29 is 14.8 Å². The molecule has 0 amide bonds. The summed E-state index contributed by atoms with van der Waals surface area (Å²) in [5.74, 6) is -1.22. The molecule has 1 aromatic rings. The molecule has 8 heteroatoms. The molecule has 1 aromatic heterocycles. The maximum absolute atomic E-state index is 10.3. The lowest BCUT2D eigenvalue weighted by Crippen LogP contribution is -2.00. The molecular weight excluding hydrogens is 216 g/mol. The molecule has 0 bridgehead atoms. The summed E-state index contributed by atoms with van der Waals surface area (Å²) < 4.78 is 1.39. The van der Waals surface area contributed by atoms with Gasteiger partial charge in [-0.25, -0.2) is 0 Å². The number of aromatic nitrogens is 3. The number of hydrogen-bond acceptors (Lipinski definition) is 5. The predicted octanol–water partition coefficient (Wildman–Crippen LogP) is 0.831. The molecule has 0 atom stereocenters. The number of hydrogen-bond donors (Lipinski definition) is 1. The Morgan fingerprint density at radius 1 is 1.50 bits per heavy atom. The molecule has 0 aromatic carbocycles. The average molecular weight is 228 g/mol. The molecule has 0 fully saturated rings. The van der Waals surface area contributed by atoms with Crippen LogP contribution in [0.15, 0.2) is 6.33 Å². The lowest BCUT2D eigenvalue weighted by molar-refractivity contribution is -0.394. The van der Waals surface area contributed by atoms with E-state index in [1.165, 1.54) is 11.0 Å². The van der Waals surface area contributed by atoms with Crippen LogP contribution in [0.2, 0.25) is 0 Å². The van der Waals surface area contributed by atoms with Gasteiger partial charge in [0.1, 0.15) is 0 Å². The van der Waals surface area contributed by atoms with Gasteiger partial charge >= 0.3 is 11.9 Å². The van der Waals surface area contributed by atoms with Crippen molar-refractivity contribution in [1.82, 2.24) is 14.8 Å². The van der Waals surface area contributed by atoms with Crippen LogP contribution in [0.5, 0.6) is 0 Å². The molecule has 0 unspecified atom stereocenters. The summed E-state index contributed by atoms with van der Waals surface area (Å²) >= 11 is 0. The molecule has 0 saturated carbocycles. The fraction of sp³-hybridized carbons (Fsp3) is 0.625. The molecule has 0 spiro atoms. The van der Waals surface area contributed by atoms with Crippen molar-refractivity contribution >= 4 is 11.9 Å². The Labute approximate surface area is 91.1 Å². The number of carbonyl (C=O) groups is 1. The second kappa shape index (κ2) is 5.79. The van der Waals surface area contributed by atoms with Gasteiger partial charge in [0.2, 0.25) is 6.33 Å². The lowest BCUT2D eigenvalue weighted by Gasteiger charge is -1.96. The first-order valence-corrected chi connectivity index (χ1v) is 4.85. The fourth-order valence-electron chi connectivity index (χ4n) is 1.20. The van der Waals surface area contributed by atoms with Crippen LogP contribution in [0.1, 0.15) is 25.7 Å². The Morgan fingerprint density at radius 2 is 2.25 bits per heavy atom. The van der Waals surface area contributed by atoms with Crippen molar-refractivity contribution in [2.45, 2.75) is 32.2 Å². The molecule has 0 aliphatic carbocycles. The largest absolute Gasteiger partial charge is 0.490 e. The molecule has 1 rings (SSSR count). The summed E-state index contributed by atoms with van der Waals surface area (Å²) in [7, 11) is 0. The highest BCUT2D eigenvalue weighted by Gasteiger charge is 2.12. The second-order valence-electron chi connectivity index (χ2n) is 3.27. The van der Waals surface area contributed by atoms with Gasteiger partial charge < -0.3 is 15.2 Å². The Bertz CT molecular complexity index is 376. The molecule has 1 heterocycles. The molecule has 0 aliphatic rings. The van der Waals surface area contributed by atoms with Crippen molar-refractivity contribution in [3.05, 3.63) is 16.4 Å². The Balaban J connectivity index is 2.21. The number of nitrogens with zero attached hydrogens (tertiary/aromatic N) is 4. The minimum atomic E-state index is -0.809. The van der Waals surface area contributed by atoms with E-state index in [1.807, 2.05) is 0 Å². The summed E-state index contributed by atoms with van der Waals surface area (Å²) in [6, 6.07) is 0.